The molecule has 4 heterocycles. The number of benzene rings is 3. The van der Waals surface area contributed by atoms with Crippen molar-refractivity contribution in [3.05, 3.63) is 123 Å². The zero-order chi connectivity index (χ0) is 36.7. The van der Waals surface area contributed by atoms with Crippen LogP contribution < -0.4 is 10.2 Å². The van der Waals surface area contributed by atoms with Gasteiger partial charge in [0, 0.05) is 78.7 Å². The molecule has 2 unspecified atom stereocenters. The highest BCUT2D eigenvalue weighted by atomic mass is 35.5. The van der Waals surface area contributed by atoms with Crippen molar-refractivity contribution in [2.75, 3.05) is 24.6 Å². The van der Waals surface area contributed by atoms with Crippen LogP contribution >= 0.6 is 11.6 Å². The molecule has 1 fully saturated rings. The van der Waals surface area contributed by atoms with Crippen molar-refractivity contribution in [1.29, 1.82) is 5.26 Å². The Labute approximate surface area is 308 Å². The summed E-state index contributed by atoms with van der Waals surface area (Å²) in [6, 6.07) is 25.6. The van der Waals surface area contributed by atoms with Crippen molar-refractivity contribution in [2.24, 2.45) is 14.1 Å². The summed E-state index contributed by atoms with van der Waals surface area (Å²) in [6.07, 6.45) is 1.44. The van der Waals surface area contributed by atoms with E-state index in [4.69, 9.17) is 16.3 Å². The molecule has 5 aromatic rings. The first-order valence-electron chi connectivity index (χ1n) is 17.4. The number of ether oxygens (including phenoxy) is 1. The molecule has 266 valence electrons. The van der Waals surface area contributed by atoms with E-state index in [1.54, 1.807) is 52.9 Å². The molecule has 2 atom stereocenters. The number of aromatic nitrogens is 2. The van der Waals surface area contributed by atoms with Crippen LogP contribution in [0.25, 0.3) is 11.3 Å². The third-order valence-corrected chi connectivity index (χ3v) is 10.8. The number of nitriles is 1. The van der Waals surface area contributed by atoms with E-state index in [-0.39, 0.29) is 29.7 Å². The fourth-order valence-electron chi connectivity index (χ4n) is 7.46. The normalized spacial score (nSPS) is 17.0. The number of hydrogen-bond donors (Lipinski definition) is 2. The maximum Gasteiger partial charge on any atom is 0.264 e. The van der Waals surface area contributed by atoms with Crippen LogP contribution in [0.5, 0.6) is 5.75 Å². The van der Waals surface area contributed by atoms with Crippen LogP contribution in [0.2, 0.25) is 5.02 Å². The van der Waals surface area contributed by atoms with Crippen molar-refractivity contribution < 1.29 is 19.4 Å². The predicted octanol–water partition coefficient (Wildman–Crippen LogP) is 6.80. The maximum absolute atomic E-state index is 14.8. The Morgan fingerprint density at radius 1 is 0.981 bits per heavy atom. The first kappa shape index (κ1) is 35.1. The highest BCUT2D eigenvalue weighted by Crippen LogP contribution is 2.38. The third-order valence-electron chi connectivity index (χ3n) is 10.6. The van der Waals surface area contributed by atoms with E-state index in [0.29, 0.717) is 69.7 Å². The lowest BCUT2D eigenvalue weighted by Gasteiger charge is -2.39. The second-order valence-corrected chi connectivity index (χ2v) is 14.0. The molecular formula is C41H41ClN6O4. The van der Waals surface area contributed by atoms with E-state index >= 15 is 0 Å². The first-order valence-corrected chi connectivity index (χ1v) is 17.8. The van der Waals surface area contributed by atoms with E-state index in [1.165, 1.54) is 17.7 Å². The highest BCUT2D eigenvalue weighted by molar-refractivity contribution is 6.31. The average molecular weight is 717 g/mol. The van der Waals surface area contributed by atoms with Crippen LogP contribution in [-0.2, 0) is 31.8 Å². The molecule has 10 nitrogen and oxygen atoms in total. The van der Waals surface area contributed by atoms with E-state index in [9.17, 15) is 20.0 Å². The quantitative estimate of drug-likeness (QED) is 0.192. The zero-order valence-electron chi connectivity index (χ0n) is 29.7. The Kier molecular flexibility index (Phi) is 9.68. The lowest BCUT2D eigenvalue weighted by molar-refractivity contribution is 0.00273. The van der Waals surface area contributed by atoms with Gasteiger partial charge < -0.3 is 29.2 Å². The molecule has 11 heteroatoms. The van der Waals surface area contributed by atoms with Gasteiger partial charge in [0.05, 0.1) is 24.0 Å². The van der Waals surface area contributed by atoms with Crippen LogP contribution in [0.15, 0.2) is 78.9 Å². The summed E-state index contributed by atoms with van der Waals surface area (Å²) in [7, 11) is 3.65. The number of amides is 2. The zero-order valence-corrected chi connectivity index (χ0v) is 30.4. The molecule has 2 aliphatic rings. The molecule has 7 rings (SSSR count). The van der Waals surface area contributed by atoms with Crippen LogP contribution in [-0.4, -0.2) is 62.8 Å². The number of nitrogens with zero attached hydrogens (tertiary/aromatic N) is 5. The number of halogens is 1. The molecule has 0 radical (unpaired) electrons. The summed E-state index contributed by atoms with van der Waals surface area (Å²) in [4.78, 5) is 33.1. The number of phenols is 1. The molecule has 0 spiro atoms. The number of phenolic OH excluding ortho intramolecular Hbond substituents is 1. The Morgan fingerprint density at radius 2 is 1.73 bits per heavy atom. The van der Waals surface area contributed by atoms with Crippen molar-refractivity contribution in [3.63, 3.8) is 0 Å². The Bertz CT molecular complexity index is 2210. The molecule has 2 aromatic heterocycles. The summed E-state index contributed by atoms with van der Waals surface area (Å²) in [5.41, 5.74) is 7.43. The van der Waals surface area contributed by atoms with Gasteiger partial charge in [0.15, 0.2) is 0 Å². The molecule has 2 amide bonds. The standard InChI is InChI=1S/C41H41ClN6O4/c1-25-36(41(51)48(30-10-12-33(49)13-11-30)38-20-32(22-43)45(3)26(38)2)21-39(46(25)4)37-18-29(42)9-14-35(37)40(50)47-24-28-8-6-5-7-27(28)17-31(47)19-34-23-44-15-16-52-34/h5-14,18,20-21,31,34,44,49H,15-17,19,23-24H2,1-4H3. The summed E-state index contributed by atoms with van der Waals surface area (Å²) < 4.78 is 9.74. The van der Waals surface area contributed by atoms with Gasteiger partial charge in [0.2, 0.25) is 0 Å². The van der Waals surface area contributed by atoms with Crippen LogP contribution in [0.4, 0.5) is 11.4 Å². The predicted molar refractivity (Wildman–Crippen MR) is 201 cm³/mol. The van der Waals surface area contributed by atoms with Crippen LogP contribution in [0, 0.1) is 25.2 Å². The molecular weight excluding hydrogens is 676 g/mol. The molecule has 2 aliphatic heterocycles. The minimum Gasteiger partial charge on any atom is -0.508 e. The van der Waals surface area contributed by atoms with Gasteiger partial charge in [-0.25, -0.2) is 0 Å². The van der Waals surface area contributed by atoms with Crippen molar-refractivity contribution in [1.82, 2.24) is 19.4 Å². The van der Waals surface area contributed by atoms with E-state index in [2.05, 4.69) is 23.5 Å². The van der Waals surface area contributed by atoms with Crippen molar-refractivity contribution in [2.45, 2.75) is 45.4 Å². The molecule has 2 N–H and O–H groups in total. The van der Waals surface area contributed by atoms with Gasteiger partial charge in [-0.2, -0.15) is 5.26 Å². The fourth-order valence-corrected chi connectivity index (χ4v) is 7.63. The van der Waals surface area contributed by atoms with Gasteiger partial charge in [-0.1, -0.05) is 35.9 Å². The number of carbonyl (C=O) groups is 2. The smallest absolute Gasteiger partial charge is 0.264 e. The Balaban J connectivity index is 1.29. The van der Waals surface area contributed by atoms with Gasteiger partial charge in [-0.05, 0) is 92.4 Å². The Hall–Kier alpha value is -5.34. The van der Waals surface area contributed by atoms with Gasteiger partial charge in [0.25, 0.3) is 11.8 Å². The van der Waals surface area contributed by atoms with Gasteiger partial charge in [-0.3, -0.25) is 14.5 Å². The van der Waals surface area contributed by atoms with Crippen molar-refractivity contribution in [3.8, 4) is 23.1 Å². The largest absolute Gasteiger partial charge is 0.508 e. The summed E-state index contributed by atoms with van der Waals surface area (Å²) in [5, 5.41) is 23.7. The SMILES string of the molecule is Cc1c(N(C(=O)c2cc(-c3cc(Cl)ccc3C(=O)N3Cc4ccccc4CC3CC3CNCCO3)n(C)c2C)c2ccc(O)cc2)cc(C#N)n1C. The number of hydrogen-bond acceptors (Lipinski definition) is 6. The number of aromatic hydroxyl groups is 1. The van der Waals surface area contributed by atoms with E-state index in [1.807, 2.05) is 48.6 Å². The van der Waals surface area contributed by atoms with Crippen LogP contribution in [0.3, 0.4) is 0 Å². The minimum absolute atomic E-state index is 0.00196. The number of rotatable bonds is 7. The molecule has 0 saturated carbocycles. The lowest BCUT2D eigenvalue weighted by Crippen LogP contribution is -2.49. The highest BCUT2D eigenvalue weighted by Gasteiger charge is 2.35. The number of carbonyl (C=O) groups excluding carboxylic acids is 2. The maximum atomic E-state index is 14.8. The summed E-state index contributed by atoms with van der Waals surface area (Å²) in [6.45, 7) is 6.40. The number of morpholine rings is 1. The first-order chi connectivity index (χ1) is 25.0. The number of fused-ring (bicyclic) bond motifs is 1. The lowest BCUT2D eigenvalue weighted by atomic mass is 9.89. The van der Waals surface area contributed by atoms with Gasteiger partial charge in [0.1, 0.15) is 17.5 Å². The molecule has 52 heavy (non-hydrogen) atoms. The number of nitrogens with one attached hydrogen (secondary N) is 1. The minimum atomic E-state index is -0.327. The molecule has 3 aromatic carbocycles. The van der Waals surface area contributed by atoms with Crippen molar-refractivity contribution >= 4 is 34.8 Å². The third kappa shape index (κ3) is 6.48. The Morgan fingerprint density at radius 3 is 2.42 bits per heavy atom. The van der Waals surface area contributed by atoms with E-state index < -0.39 is 0 Å². The van der Waals surface area contributed by atoms with Gasteiger partial charge >= 0.3 is 0 Å². The molecule has 0 aliphatic carbocycles. The summed E-state index contributed by atoms with van der Waals surface area (Å²) >= 11 is 6.63. The van der Waals surface area contributed by atoms with Crippen LogP contribution in [0.1, 0.15) is 55.3 Å². The molecule has 0 bridgehead atoms. The topological polar surface area (TPSA) is 116 Å². The second kappa shape index (κ2) is 14.4. The van der Waals surface area contributed by atoms with Gasteiger partial charge in [-0.15, -0.1) is 0 Å². The fraction of sp³-hybridized carbons (Fsp3) is 0.293. The average Bonchev–Trinajstić information content (AvgIpc) is 3.61. The van der Waals surface area contributed by atoms with E-state index in [0.717, 1.165) is 30.8 Å². The molecule has 1 saturated heterocycles. The monoisotopic (exact) mass is 716 g/mol. The number of anilines is 2. The second-order valence-electron chi connectivity index (χ2n) is 13.6. The summed E-state index contributed by atoms with van der Waals surface area (Å²) in [5.74, 6) is -0.374.